The van der Waals surface area contributed by atoms with E-state index in [9.17, 15) is 4.79 Å². The summed E-state index contributed by atoms with van der Waals surface area (Å²) in [6.45, 7) is 2.09. The lowest BCUT2D eigenvalue weighted by atomic mass is 10.1. The molecule has 0 spiro atoms. The summed E-state index contributed by atoms with van der Waals surface area (Å²) in [4.78, 5) is 19.0. The quantitative estimate of drug-likeness (QED) is 0.716. The van der Waals surface area contributed by atoms with Crippen molar-refractivity contribution < 1.29 is 4.79 Å². The third-order valence-electron chi connectivity index (χ3n) is 4.06. The van der Waals surface area contributed by atoms with Gasteiger partial charge in [-0.2, -0.15) is 0 Å². The Morgan fingerprint density at radius 1 is 1.17 bits per heavy atom. The van der Waals surface area contributed by atoms with Crippen molar-refractivity contribution in [1.82, 2.24) is 4.98 Å². The Bertz CT molecular complexity index is 941. The number of carbonyl (C=O) groups excluding carboxylic acids is 1. The van der Waals surface area contributed by atoms with Crippen molar-refractivity contribution in [2.24, 2.45) is 0 Å². The molecule has 3 heterocycles. The van der Waals surface area contributed by atoms with Crippen molar-refractivity contribution in [3.05, 3.63) is 81.3 Å². The Morgan fingerprint density at radius 3 is 2.83 bits per heavy atom. The number of hydrogen-bond acceptors (Lipinski definition) is 3. The van der Waals surface area contributed by atoms with Gasteiger partial charge in [0, 0.05) is 22.4 Å². The molecule has 1 aromatic carbocycles. The van der Waals surface area contributed by atoms with Crippen LogP contribution < -0.4 is 5.32 Å². The summed E-state index contributed by atoms with van der Waals surface area (Å²) in [7, 11) is 0. The van der Waals surface area contributed by atoms with Gasteiger partial charge in [-0.05, 0) is 42.3 Å². The Kier molecular flexibility index (Phi) is 3.75. The fraction of sp³-hybridized carbons (Fsp3) is 0.100. The lowest BCUT2D eigenvalue weighted by Crippen LogP contribution is -2.03. The van der Waals surface area contributed by atoms with E-state index >= 15 is 0 Å². The number of pyridine rings is 1. The standard InChI is InChI=1S/C20H16N2OS/c1-13-10-15(11-14-6-3-2-4-7-14)24-18(13)12-16-19-17(22-20(16)23)8-5-9-21-19/h2-10,12H,11H2,1H3,(H,22,23). The van der Waals surface area contributed by atoms with Crippen LogP contribution in [0.25, 0.3) is 11.6 Å². The van der Waals surface area contributed by atoms with Gasteiger partial charge in [0.05, 0.1) is 17.0 Å². The highest BCUT2D eigenvalue weighted by Crippen LogP contribution is 2.34. The minimum Gasteiger partial charge on any atom is -0.320 e. The molecular formula is C20H16N2OS. The van der Waals surface area contributed by atoms with E-state index in [0.717, 1.165) is 22.7 Å². The number of nitrogens with zero attached hydrogens (tertiary/aromatic N) is 1. The number of benzene rings is 1. The smallest absolute Gasteiger partial charge is 0.258 e. The van der Waals surface area contributed by atoms with Crippen LogP contribution in [0.2, 0.25) is 0 Å². The Balaban J connectivity index is 1.67. The first-order valence-corrected chi connectivity index (χ1v) is 8.64. The van der Waals surface area contributed by atoms with Crippen LogP contribution in [0.3, 0.4) is 0 Å². The van der Waals surface area contributed by atoms with Crippen molar-refractivity contribution in [2.75, 3.05) is 5.32 Å². The Hall–Kier alpha value is -2.72. The molecule has 24 heavy (non-hydrogen) atoms. The molecule has 0 fully saturated rings. The Labute approximate surface area is 144 Å². The van der Waals surface area contributed by atoms with Crippen molar-refractivity contribution in [3.63, 3.8) is 0 Å². The van der Waals surface area contributed by atoms with E-state index in [2.05, 4.69) is 47.6 Å². The number of carbonyl (C=O) groups is 1. The number of nitrogens with one attached hydrogen (secondary N) is 1. The van der Waals surface area contributed by atoms with Gasteiger partial charge in [-0.3, -0.25) is 9.78 Å². The maximum absolute atomic E-state index is 12.2. The summed E-state index contributed by atoms with van der Waals surface area (Å²) in [6.07, 6.45) is 4.59. The molecule has 0 saturated carbocycles. The van der Waals surface area contributed by atoms with Crippen LogP contribution in [0, 0.1) is 6.92 Å². The number of amides is 1. The third-order valence-corrected chi connectivity index (χ3v) is 5.24. The van der Waals surface area contributed by atoms with Gasteiger partial charge in [0.15, 0.2) is 0 Å². The van der Waals surface area contributed by atoms with E-state index in [1.807, 2.05) is 24.3 Å². The van der Waals surface area contributed by atoms with E-state index in [-0.39, 0.29) is 5.91 Å². The summed E-state index contributed by atoms with van der Waals surface area (Å²) in [5.41, 5.74) is 4.65. The van der Waals surface area contributed by atoms with E-state index in [4.69, 9.17) is 0 Å². The summed E-state index contributed by atoms with van der Waals surface area (Å²) in [5, 5.41) is 2.87. The van der Waals surface area contributed by atoms with Gasteiger partial charge < -0.3 is 5.32 Å². The molecule has 2 aromatic heterocycles. The fourth-order valence-electron chi connectivity index (χ4n) is 2.87. The van der Waals surface area contributed by atoms with Crippen molar-refractivity contribution in [1.29, 1.82) is 0 Å². The minimum atomic E-state index is -0.0823. The average Bonchev–Trinajstić information content (AvgIpc) is 3.09. The van der Waals surface area contributed by atoms with Gasteiger partial charge in [0.2, 0.25) is 0 Å². The molecule has 1 aliphatic heterocycles. The number of aryl methyl sites for hydroxylation is 1. The Morgan fingerprint density at radius 2 is 2.00 bits per heavy atom. The second-order valence-electron chi connectivity index (χ2n) is 5.83. The zero-order valence-electron chi connectivity index (χ0n) is 13.2. The topological polar surface area (TPSA) is 42.0 Å². The number of thiophene rings is 1. The molecule has 0 atom stereocenters. The summed E-state index contributed by atoms with van der Waals surface area (Å²) < 4.78 is 0. The summed E-state index contributed by atoms with van der Waals surface area (Å²) in [5.74, 6) is -0.0823. The normalized spacial score (nSPS) is 14.7. The molecule has 0 radical (unpaired) electrons. The highest BCUT2D eigenvalue weighted by molar-refractivity contribution is 7.13. The molecule has 3 nitrogen and oxygen atoms in total. The number of aromatic nitrogens is 1. The molecule has 3 aromatic rings. The molecule has 0 saturated heterocycles. The summed E-state index contributed by atoms with van der Waals surface area (Å²) >= 11 is 1.73. The average molecular weight is 332 g/mol. The van der Waals surface area contributed by atoms with Gasteiger partial charge >= 0.3 is 0 Å². The molecule has 1 amide bonds. The van der Waals surface area contributed by atoms with Crippen LogP contribution in [0.1, 0.15) is 26.6 Å². The van der Waals surface area contributed by atoms with Gasteiger partial charge in [-0.1, -0.05) is 30.3 Å². The highest BCUT2D eigenvalue weighted by Gasteiger charge is 2.25. The fourth-order valence-corrected chi connectivity index (χ4v) is 4.03. The monoisotopic (exact) mass is 332 g/mol. The number of rotatable bonds is 3. The predicted octanol–water partition coefficient (Wildman–Crippen LogP) is 4.54. The number of hydrogen-bond donors (Lipinski definition) is 1. The van der Waals surface area contributed by atoms with Gasteiger partial charge in [0.25, 0.3) is 5.91 Å². The first-order chi connectivity index (χ1) is 11.7. The van der Waals surface area contributed by atoms with Crippen molar-refractivity contribution in [2.45, 2.75) is 13.3 Å². The number of fused-ring (bicyclic) bond motifs is 1. The van der Waals surface area contributed by atoms with Gasteiger partial charge in [0.1, 0.15) is 0 Å². The van der Waals surface area contributed by atoms with Crippen LogP contribution in [0.4, 0.5) is 5.69 Å². The van der Waals surface area contributed by atoms with Crippen LogP contribution >= 0.6 is 11.3 Å². The molecular weight excluding hydrogens is 316 g/mol. The third kappa shape index (κ3) is 2.76. The van der Waals surface area contributed by atoms with E-state index in [0.29, 0.717) is 5.57 Å². The largest absolute Gasteiger partial charge is 0.320 e. The molecule has 4 rings (SSSR count). The second-order valence-corrected chi connectivity index (χ2v) is 7.00. The first-order valence-electron chi connectivity index (χ1n) is 7.82. The summed E-state index contributed by atoms with van der Waals surface area (Å²) in [6, 6.07) is 16.3. The zero-order valence-corrected chi connectivity index (χ0v) is 14.1. The SMILES string of the molecule is Cc1cc(Cc2ccccc2)sc1C=C1C(=O)Nc2cccnc21. The molecule has 1 aliphatic rings. The van der Waals surface area contributed by atoms with E-state index in [1.54, 1.807) is 17.5 Å². The first kappa shape index (κ1) is 14.8. The molecule has 4 heteroatoms. The van der Waals surface area contributed by atoms with Crippen LogP contribution in [-0.2, 0) is 11.2 Å². The maximum atomic E-state index is 12.2. The van der Waals surface area contributed by atoms with Gasteiger partial charge in [-0.15, -0.1) is 11.3 Å². The lowest BCUT2D eigenvalue weighted by Gasteiger charge is -1.97. The molecule has 0 aliphatic carbocycles. The van der Waals surface area contributed by atoms with E-state index < -0.39 is 0 Å². The minimum absolute atomic E-state index is 0.0823. The van der Waals surface area contributed by atoms with Crippen LogP contribution in [0.5, 0.6) is 0 Å². The second kappa shape index (κ2) is 6.06. The van der Waals surface area contributed by atoms with Gasteiger partial charge in [-0.25, -0.2) is 0 Å². The molecule has 0 bridgehead atoms. The van der Waals surface area contributed by atoms with Crippen molar-refractivity contribution >= 4 is 34.6 Å². The van der Waals surface area contributed by atoms with Crippen LogP contribution in [-0.4, -0.2) is 10.9 Å². The van der Waals surface area contributed by atoms with E-state index in [1.165, 1.54) is 16.0 Å². The molecule has 0 unspecified atom stereocenters. The predicted molar refractivity (Wildman–Crippen MR) is 99.0 cm³/mol. The molecule has 1 N–H and O–H groups in total. The van der Waals surface area contributed by atoms with Crippen molar-refractivity contribution in [3.8, 4) is 0 Å². The van der Waals surface area contributed by atoms with Crippen LogP contribution in [0.15, 0.2) is 54.7 Å². The number of anilines is 1. The maximum Gasteiger partial charge on any atom is 0.258 e. The lowest BCUT2D eigenvalue weighted by molar-refractivity contribution is -0.110. The molecule has 118 valence electrons. The zero-order chi connectivity index (χ0) is 16.5. The highest BCUT2D eigenvalue weighted by atomic mass is 32.1.